The summed E-state index contributed by atoms with van der Waals surface area (Å²) < 4.78 is 0. The molecule has 4 nitrogen and oxygen atoms in total. The zero-order chi connectivity index (χ0) is 13.4. The van der Waals surface area contributed by atoms with Crippen molar-refractivity contribution >= 4 is 5.95 Å². The van der Waals surface area contributed by atoms with Crippen molar-refractivity contribution in [2.45, 2.75) is 38.5 Å². The lowest BCUT2D eigenvalue weighted by Gasteiger charge is -2.15. The van der Waals surface area contributed by atoms with E-state index in [9.17, 15) is 0 Å². The number of anilines is 1. The van der Waals surface area contributed by atoms with Crippen LogP contribution in [-0.4, -0.2) is 16.0 Å². The first kappa shape index (κ1) is 11.9. The molecule has 0 amide bonds. The fourth-order valence-corrected chi connectivity index (χ4v) is 2.63. The lowest BCUT2D eigenvalue weighted by atomic mass is 10.1. The van der Waals surface area contributed by atoms with E-state index in [0.717, 1.165) is 37.2 Å². The summed E-state index contributed by atoms with van der Waals surface area (Å²) in [6, 6.07) is 9.28. The number of fused-ring (bicyclic) bond motifs is 1. The summed E-state index contributed by atoms with van der Waals surface area (Å²) in [5.41, 5.74) is 3.93. The van der Waals surface area contributed by atoms with Crippen LogP contribution in [0.15, 0.2) is 36.7 Å². The van der Waals surface area contributed by atoms with Crippen molar-refractivity contribution in [3.63, 3.8) is 0 Å². The first-order chi connectivity index (χ1) is 9.88. The second-order valence-corrected chi connectivity index (χ2v) is 5.67. The van der Waals surface area contributed by atoms with Gasteiger partial charge in [-0.3, -0.25) is 0 Å². The number of hydrogen-bond donors (Lipinski definition) is 1. The fourth-order valence-electron chi connectivity index (χ4n) is 2.63. The summed E-state index contributed by atoms with van der Waals surface area (Å²) in [5.74, 6) is 0.830. The molecule has 0 saturated heterocycles. The number of aromatic nitrogens is 2. The summed E-state index contributed by atoms with van der Waals surface area (Å²) in [6.07, 6.45) is 6.51. The minimum atomic E-state index is 0.725. The summed E-state index contributed by atoms with van der Waals surface area (Å²) in [7, 11) is 0. The summed E-state index contributed by atoms with van der Waals surface area (Å²) in [4.78, 5) is 11.3. The van der Waals surface area contributed by atoms with Crippen LogP contribution in [0.4, 0.5) is 5.95 Å². The molecule has 1 saturated carbocycles. The third-order valence-corrected chi connectivity index (χ3v) is 3.99. The van der Waals surface area contributed by atoms with Gasteiger partial charge in [0.1, 0.15) is 0 Å². The van der Waals surface area contributed by atoms with Crippen LogP contribution in [0, 0.1) is 0 Å². The van der Waals surface area contributed by atoms with Gasteiger partial charge in [0.2, 0.25) is 5.95 Å². The Kier molecular flexibility index (Phi) is 2.89. The predicted octanol–water partition coefficient (Wildman–Crippen LogP) is 2.25. The Morgan fingerprint density at radius 3 is 2.30 bits per heavy atom. The Hall–Kier alpha value is -1.94. The molecule has 1 N–H and O–H groups in total. The van der Waals surface area contributed by atoms with Gasteiger partial charge in [-0.15, -0.1) is 0 Å². The maximum atomic E-state index is 4.52. The van der Waals surface area contributed by atoms with Gasteiger partial charge in [-0.1, -0.05) is 24.3 Å². The van der Waals surface area contributed by atoms with E-state index in [1.54, 1.807) is 0 Å². The van der Waals surface area contributed by atoms with Crippen molar-refractivity contribution in [1.82, 2.24) is 15.3 Å². The molecule has 1 fully saturated rings. The average molecular weight is 266 g/mol. The van der Waals surface area contributed by atoms with Gasteiger partial charge in [0.15, 0.2) is 0 Å². The van der Waals surface area contributed by atoms with Crippen LogP contribution in [0.1, 0.15) is 29.5 Å². The maximum Gasteiger partial charge on any atom is 0.225 e. The number of nitrogens with one attached hydrogen (secondary N) is 1. The van der Waals surface area contributed by atoms with Crippen molar-refractivity contribution in [2.75, 3.05) is 4.90 Å². The molecule has 1 aliphatic carbocycles. The van der Waals surface area contributed by atoms with E-state index in [0.29, 0.717) is 0 Å². The minimum absolute atomic E-state index is 0.725. The zero-order valence-electron chi connectivity index (χ0n) is 11.4. The normalized spacial score (nSPS) is 17.3. The molecule has 0 bridgehead atoms. The van der Waals surface area contributed by atoms with Crippen molar-refractivity contribution < 1.29 is 0 Å². The van der Waals surface area contributed by atoms with Crippen molar-refractivity contribution in [3.8, 4) is 0 Å². The number of nitrogens with zero attached hydrogens (tertiary/aromatic N) is 3. The van der Waals surface area contributed by atoms with Crippen molar-refractivity contribution in [2.24, 2.45) is 0 Å². The fraction of sp³-hybridized carbons (Fsp3) is 0.375. The van der Waals surface area contributed by atoms with Crippen LogP contribution >= 0.6 is 0 Å². The molecule has 4 rings (SSSR count). The number of rotatable bonds is 4. The molecule has 1 aromatic carbocycles. The molecule has 1 aliphatic heterocycles. The molecule has 2 aromatic rings. The van der Waals surface area contributed by atoms with Crippen molar-refractivity contribution in [3.05, 3.63) is 53.3 Å². The van der Waals surface area contributed by atoms with Crippen LogP contribution in [0.2, 0.25) is 0 Å². The first-order valence-corrected chi connectivity index (χ1v) is 7.24. The molecule has 102 valence electrons. The van der Waals surface area contributed by atoms with Gasteiger partial charge >= 0.3 is 0 Å². The van der Waals surface area contributed by atoms with Crippen LogP contribution < -0.4 is 10.2 Å². The lowest BCUT2D eigenvalue weighted by Crippen LogP contribution is -2.19. The van der Waals surface area contributed by atoms with E-state index in [1.807, 2.05) is 12.4 Å². The van der Waals surface area contributed by atoms with E-state index in [1.165, 1.54) is 24.0 Å². The quantitative estimate of drug-likeness (QED) is 0.921. The monoisotopic (exact) mass is 266 g/mol. The van der Waals surface area contributed by atoms with Crippen LogP contribution in [0.3, 0.4) is 0 Å². The molecule has 0 unspecified atom stereocenters. The van der Waals surface area contributed by atoms with Gasteiger partial charge in [0.25, 0.3) is 0 Å². The third kappa shape index (κ3) is 2.39. The van der Waals surface area contributed by atoms with E-state index in [4.69, 9.17) is 0 Å². The standard InChI is InChI=1S/C16H18N4/c1-2-4-14-11-20(10-13(14)3-1)16-18-8-12(9-19-16)7-17-15-5-6-15/h1-4,8-9,15,17H,5-7,10-11H2. The first-order valence-electron chi connectivity index (χ1n) is 7.24. The van der Waals surface area contributed by atoms with Gasteiger partial charge in [-0.25, -0.2) is 9.97 Å². The third-order valence-electron chi connectivity index (χ3n) is 3.99. The van der Waals surface area contributed by atoms with Gasteiger partial charge < -0.3 is 10.2 Å². The highest BCUT2D eigenvalue weighted by Gasteiger charge is 2.21. The Labute approximate surface area is 118 Å². The number of hydrogen-bond acceptors (Lipinski definition) is 4. The molecule has 20 heavy (non-hydrogen) atoms. The van der Waals surface area contributed by atoms with E-state index >= 15 is 0 Å². The van der Waals surface area contributed by atoms with E-state index < -0.39 is 0 Å². The molecule has 1 aromatic heterocycles. The number of benzene rings is 1. The highest BCUT2D eigenvalue weighted by Crippen LogP contribution is 2.25. The van der Waals surface area contributed by atoms with Gasteiger partial charge in [-0.05, 0) is 24.0 Å². The van der Waals surface area contributed by atoms with E-state index in [2.05, 4.69) is 44.5 Å². The summed E-state index contributed by atoms with van der Waals surface area (Å²) in [6.45, 7) is 2.71. The molecule has 0 radical (unpaired) electrons. The Bertz CT molecular complexity index is 579. The van der Waals surface area contributed by atoms with Gasteiger partial charge in [0, 0.05) is 43.6 Å². The topological polar surface area (TPSA) is 41.1 Å². The molecular formula is C16H18N4. The molecule has 4 heteroatoms. The Morgan fingerprint density at radius 1 is 1.05 bits per heavy atom. The van der Waals surface area contributed by atoms with E-state index in [-0.39, 0.29) is 0 Å². The smallest absolute Gasteiger partial charge is 0.225 e. The van der Waals surface area contributed by atoms with Crippen LogP contribution in [0.5, 0.6) is 0 Å². The molecule has 0 atom stereocenters. The zero-order valence-corrected chi connectivity index (χ0v) is 11.4. The van der Waals surface area contributed by atoms with Gasteiger partial charge in [0.05, 0.1) is 0 Å². The highest BCUT2D eigenvalue weighted by atomic mass is 15.3. The molecule has 0 spiro atoms. The van der Waals surface area contributed by atoms with Crippen LogP contribution in [0.25, 0.3) is 0 Å². The maximum absolute atomic E-state index is 4.52. The highest BCUT2D eigenvalue weighted by molar-refractivity contribution is 5.43. The Balaban J connectivity index is 1.44. The van der Waals surface area contributed by atoms with Crippen molar-refractivity contribution in [1.29, 1.82) is 0 Å². The molecule has 2 aliphatic rings. The molecule has 2 heterocycles. The largest absolute Gasteiger partial charge is 0.332 e. The lowest BCUT2D eigenvalue weighted by molar-refractivity contribution is 0.682. The minimum Gasteiger partial charge on any atom is -0.332 e. The second-order valence-electron chi connectivity index (χ2n) is 5.67. The SMILES string of the molecule is c1ccc2c(c1)CN(c1ncc(CNC3CC3)cn1)C2. The summed E-state index contributed by atoms with van der Waals surface area (Å²) >= 11 is 0. The second kappa shape index (κ2) is 4.87. The van der Waals surface area contributed by atoms with Gasteiger partial charge in [-0.2, -0.15) is 0 Å². The Morgan fingerprint density at radius 2 is 1.70 bits per heavy atom. The summed E-state index contributed by atoms with van der Waals surface area (Å²) in [5, 5.41) is 3.48. The predicted molar refractivity (Wildman–Crippen MR) is 78.2 cm³/mol. The van der Waals surface area contributed by atoms with Crippen LogP contribution in [-0.2, 0) is 19.6 Å². The molecular weight excluding hydrogens is 248 g/mol. The average Bonchev–Trinajstić information content (AvgIpc) is 3.22.